The molecule has 0 aliphatic rings. The second-order valence-electron chi connectivity index (χ2n) is 11.9. The van der Waals surface area contributed by atoms with Crippen LogP contribution in [-0.2, 0) is 18.5 Å². The van der Waals surface area contributed by atoms with Crippen LogP contribution in [0.15, 0.2) is 85.1 Å². The van der Waals surface area contributed by atoms with Crippen molar-refractivity contribution in [3.05, 3.63) is 113 Å². The standard InChI is InChI=1S/C37H41F3N4O3S/c1-5-44(6-2)30-13-14-32(43-35(47)27-11-7-10-26(19-27)24-48-36(3,4)16-18-45)31(22-30)33-21-28(15-17-41-33)34(46)42-23-25-9-8-12-29(20-25)37(38,39)40/h7-15,17,19-22,45H,5-6,16,18,23-24H2,1-4H3,(H,42,46)(H,43,47). The average molecular weight is 679 g/mol. The van der Waals surface area contributed by atoms with E-state index in [4.69, 9.17) is 0 Å². The van der Waals surface area contributed by atoms with Crippen LogP contribution in [0.4, 0.5) is 24.5 Å². The molecular weight excluding hydrogens is 637 g/mol. The van der Waals surface area contributed by atoms with E-state index in [2.05, 4.69) is 34.4 Å². The maximum Gasteiger partial charge on any atom is 0.416 e. The molecule has 0 spiro atoms. The highest BCUT2D eigenvalue weighted by molar-refractivity contribution is 7.99. The Morgan fingerprint density at radius 1 is 0.875 bits per heavy atom. The van der Waals surface area contributed by atoms with E-state index in [0.29, 0.717) is 40.2 Å². The van der Waals surface area contributed by atoms with Crippen LogP contribution in [0.5, 0.6) is 0 Å². The van der Waals surface area contributed by atoms with Gasteiger partial charge in [-0.05, 0) is 86.0 Å². The summed E-state index contributed by atoms with van der Waals surface area (Å²) in [6.07, 6.45) is -2.33. The van der Waals surface area contributed by atoms with Crippen molar-refractivity contribution in [2.45, 2.75) is 57.3 Å². The van der Waals surface area contributed by atoms with Gasteiger partial charge in [-0.15, -0.1) is 0 Å². The molecule has 3 aromatic carbocycles. The third-order valence-electron chi connectivity index (χ3n) is 7.92. The Labute approximate surface area is 284 Å². The molecule has 1 heterocycles. The number of halogens is 3. The first kappa shape index (κ1) is 36.5. The summed E-state index contributed by atoms with van der Waals surface area (Å²) in [5, 5.41) is 15.1. The molecule has 0 radical (unpaired) electrons. The first-order valence-electron chi connectivity index (χ1n) is 15.8. The number of carbonyl (C=O) groups is 2. The third kappa shape index (κ3) is 9.84. The fraction of sp³-hybridized carbons (Fsp3) is 0.324. The lowest BCUT2D eigenvalue weighted by molar-refractivity contribution is -0.137. The maximum atomic E-state index is 13.5. The van der Waals surface area contributed by atoms with Crippen molar-refractivity contribution in [3.63, 3.8) is 0 Å². The quantitative estimate of drug-likeness (QED) is 0.125. The molecule has 254 valence electrons. The molecule has 0 aliphatic carbocycles. The lowest BCUT2D eigenvalue weighted by atomic mass is 10.0. The van der Waals surface area contributed by atoms with E-state index in [1.165, 1.54) is 24.4 Å². The number of benzene rings is 3. The van der Waals surface area contributed by atoms with Gasteiger partial charge in [-0.3, -0.25) is 14.6 Å². The van der Waals surface area contributed by atoms with Crippen LogP contribution < -0.4 is 15.5 Å². The van der Waals surface area contributed by atoms with Crippen LogP contribution in [0.3, 0.4) is 0 Å². The predicted octanol–water partition coefficient (Wildman–Crippen LogP) is 8.19. The lowest BCUT2D eigenvalue weighted by Crippen LogP contribution is -2.23. The van der Waals surface area contributed by atoms with Crippen molar-refractivity contribution in [2.75, 3.05) is 29.9 Å². The van der Waals surface area contributed by atoms with Gasteiger partial charge in [-0.25, -0.2) is 0 Å². The van der Waals surface area contributed by atoms with Gasteiger partial charge >= 0.3 is 6.18 Å². The first-order chi connectivity index (χ1) is 22.8. The minimum absolute atomic E-state index is 0.0876. The van der Waals surface area contributed by atoms with E-state index in [0.717, 1.165) is 36.5 Å². The zero-order chi connectivity index (χ0) is 34.9. The van der Waals surface area contributed by atoms with Crippen molar-refractivity contribution in [1.82, 2.24) is 10.3 Å². The molecule has 0 fully saturated rings. The molecule has 0 aliphatic heterocycles. The van der Waals surface area contributed by atoms with Gasteiger partial charge in [0.2, 0.25) is 0 Å². The van der Waals surface area contributed by atoms with Crippen molar-refractivity contribution < 1.29 is 27.9 Å². The van der Waals surface area contributed by atoms with E-state index in [1.807, 2.05) is 50.2 Å². The summed E-state index contributed by atoms with van der Waals surface area (Å²) in [6, 6.07) is 21.0. The summed E-state index contributed by atoms with van der Waals surface area (Å²) in [5.74, 6) is -0.0912. The number of amides is 2. The van der Waals surface area contributed by atoms with Gasteiger partial charge in [0.25, 0.3) is 11.8 Å². The van der Waals surface area contributed by atoms with E-state index in [1.54, 1.807) is 23.9 Å². The van der Waals surface area contributed by atoms with Crippen molar-refractivity contribution in [2.24, 2.45) is 0 Å². The van der Waals surface area contributed by atoms with Crippen molar-refractivity contribution in [3.8, 4) is 11.3 Å². The third-order valence-corrected chi connectivity index (χ3v) is 9.38. The number of alkyl halides is 3. The number of thioether (sulfide) groups is 1. The number of aliphatic hydroxyl groups excluding tert-OH is 1. The van der Waals surface area contributed by atoms with Crippen LogP contribution >= 0.6 is 11.8 Å². The molecule has 3 N–H and O–H groups in total. The molecule has 0 bridgehead atoms. The van der Waals surface area contributed by atoms with Crippen molar-refractivity contribution >= 4 is 35.0 Å². The zero-order valence-electron chi connectivity index (χ0n) is 27.5. The molecule has 0 saturated carbocycles. The normalized spacial score (nSPS) is 11.7. The summed E-state index contributed by atoms with van der Waals surface area (Å²) < 4.78 is 39.3. The Bertz CT molecular complexity index is 1720. The summed E-state index contributed by atoms with van der Waals surface area (Å²) in [5.41, 5.74) is 3.76. The van der Waals surface area contributed by atoms with Crippen LogP contribution in [-0.4, -0.2) is 46.3 Å². The van der Waals surface area contributed by atoms with Gasteiger partial charge in [0.1, 0.15) is 0 Å². The Balaban J connectivity index is 1.59. The number of hydrogen-bond donors (Lipinski definition) is 3. The predicted molar refractivity (Wildman–Crippen MR) is 187 cm³/mol. The molecule has 4 aromatic rings. The maximum absolute atomic E-state index is 13.5. The monoisotopic (exact) mass is 678 g/mol. The highest BCUT2D eigenvalue weighted by Crippen LogP contribution is 2.34. The second kappa shape index (κ2) is 16.2. The molecule has 48 heavy (non-hydrogen) atoms. The lowest BCUT2D eigenvalue weighted by Gasteiger charge is -2.23. The number of rotatable bonds is 14. The van der Waals surface area contributed by atoms with Gasteiger partial charge in [0, 0.05) is 65.3 Å². The molecule has 11 heteroatoms. The number of hydrogen-bond acceptors (Lipinski definition) is 6. The molecule has 1 aromatic heterocycles. The van der Waals surface area contributed by atoms with Crippen LogP contribution in [0.25, 0.3) is 11.3 Å². The average Bonchev–Trinajstić information content (AvgIpc) is 3.07. The molecule has 0 atom stereocenters. The fourth-order valence-electron chi connectivity index (χ4n) is 5.12. The van der Waals surface area contributed by atoms with Gasteiger partial charge in [0.15, 0.2) is 0 Å². The van der Waals surface area contributed by atoms with E-state index in [-0.39, 0.29) is 29.4 Å². The van der Waals surface area contributed by atoms with Crippen LogP contribution in [0, 0.1) is 0 Å². The highest BCUT2D eigenvalue weighted by atomic mass is 32.2. The number of pyridine rings is 1. The molecule has 7 nitrogen and oxygen atoms in total. The minimum Gasteiger partial charge on any atom is -0.396 e. The van der Waals surface area contributed by atoms with E-state index >= 15 is 0 Å². The van der Waals surface area contributed by atoms with Crippen LogP contribution in [0.1, 0.15) is 71.5 Å². The number of anilines is 2. The number of aliphatic hydroxyl groups is 1. The fourth-order valence-corrected chi connectivity index (χ4v) is 6.09. The minimum atomic E-state index is -4.48. The van der Waals surface area contributed by atoms with Gasteiger partial charge in [-0.2, -0.15) is 24.9 Å². The SMILES string of the molecule is CCN(CC)c1ccc(NC(=O)c2cccc(CSC(C)(C)CCO)c2)c(-c2cc(C(=O)NCc3cccc(C(F)(F)F)c3)ccn2)c1. The van der Waals surface area contributed by atoms with Gasteiger partial charge < -0.3 is 20.6 Å². The Hall–Kier alpha value is -4.35. The summed E-state index contributed by atoms with van der Waals surface area (Å²) in [6.45, 7) is 9.79. The largest absolute Gasteiger partial charge is 0.416 e. The van der Waals surface area contributed by atoms with Gasteiger partial charge in [-0.1, -0.05) is 38.1 Å². The first-order valence-corrected chi connectivity index (χ1v) is 16.8. The topological polar surface area (TPSA) is 94.6 Å². The van der Waals surface area contributed by atoms with Crippen LogP contribution in [0.2, 0.25) is 0 Å². The zero-order valence-corrected chi connectivity index (χ0v) is 28.3. The molecular formula is C37H41F3N4O3S. The van der Waals surface area contributed by atoms with E-state index < -0.39 is 17.6 Å². The molecule has 4 rings (SSSR count). The number of aromatic nitrogens is 1. The Kier molecular flexibility index (Phi) is 12.3. The molecule has 0 saturated heterocycles. The summed E-state index contributed by atoms with van der Waals surface area (Å²) in [7, 11) is 0. The Morgan fingerprint density at radius 3 is 2.29 bits per heavy atom. The van der Waals surface area contributed by atoms with E-state index in [9.17, 15) is 27.9 Å². The summed E-state index contributed by atoms with van der Waals surface area (Å²) in [4.78, 5) is 33.4. The number of nitrogens with zero attached hydrogens (tertiary/aromatic N) is 2. The number of carbonyl (C=O) groups excluding carboxylic acids is 2. The summed E-state index contributed by atoms with van der Waals surface area (Å²) >= 11 is 1.71. The molecule has 2 amide bonds. The smallest absolute Gasteiger partial charge is 0.396 e. The molecule has 0 unspecified atom stereocenters. The van der Waals surface area contributed by atoms with Gasteiger partial charge in [0.05, 0.1) is 16.9 Å². The van der Waals surface area contributed by atoms with Crippen molar-refractivity contribution in [1.29, 1.82) is 0 Å². The second-order valence-corrected chi connectivity index (χ2v) is 13.6. The highest BCUT2D eigenvalue weighted by Gasteiger charge is 2.30. The Morgan fingerprint density at radius 2 is 1.58 bits per heavy atom. The number of nitrogens with one attached hydrogen (secondary N) is 2.